The van der Waals surface area contributed by atoms with Crippen LogP contribution in [0.15, 0.2) is 30.3 Å². The Balaban J connectivity index is 2.55. The molecule has 148 valence electrons. The van der Waals surface area contributed by atoms with E-state index in [0.717, 1.165) is 5.56 Å². The van der Waals surface area contributed by atoms with Crippen LogP contribution in [-0.4, -0.2) is 59.2 Å². The van der Waals surface area contributed by atoms with Crippen LogP contribution in [-0.2, 0) is 25.6 Å². The number of aliphatic carboxylic acids is 1. The van der Waals surface area contributed by atoms with Gasteiger partial charge in [-0.3, -0.25) is 19.2 Å². The van der Waals surface area contributed by atoms with E-state index in [9.17, 15) is 19.2 Å². The molecular weight excluding hydrogens is 372 g/mol. The second-order valence-electron chi connectivity index (χ2n) is 5.88. The summed E-state index contributed by atoms with van der Waals surface area (Å²) in [7, 11) is 0. The van der Waals surface area contributed by atoms with Crippen LogP contribution in [0.25, 0.3) is 0 Å². The Hall–Kier alpha value is -2.59. The molecule has 0 aromatic heterocycles. The van der Waals surface area contributed by atoms with Crippen molar-refractivity contribution in [3.63, 3.8) is 0 Å². The van der Waals surface area contributed by atoms with Crippen molar-refractivity contribution in [3.05, 3.63) is 35.9 Å². The first-order chi connectivity index (χ1) is 12.7. The lowest BCUT2D eigenvalue weighted by Gasteiger charge is -2.21. The number of carbonyl (C=O) groups is 4. The third-order valence-corrected chi connectivity index (χ3v) is 3.98. The smallest absolute Gasteiger partial charge is 0.322 e. The third kappa shape index (κ3) is 8.09. The van der Waals surface area contributed by atoms with E-state index >= 15 is 0 Å². The van der Waals surface area contributed by atoms with Crippen LogP contribution < -0.4 is 21.7 Å². The number of nitrogens with one attached hydrogen (secondary N) is 3. The van der Waals surface area contributed by atoms with Gasteiger partial charge in [-0.25, -0.2) is 0 Å². The molecule has 0 heterocycles. The Morgan fingerprint density at radius 1 is 1.07 bits per heavy atom. The molecule has 0 saturated heterocycles. The fourth-order valence-electron chi connectivity index (χ4n) is 2.13. The average molecular weight is 396 g/mol. The maximum absolute atomic E-state index is 12.2. The van der Waals surface area contributed by atoms with Gasteiger partial charge < -0.3 is 26.8 Å². The van der Waals surface area contributed by atoms with Crippen LogP contribution >= 0.6 is 12.6 Å². The fraction of sp³-hybridized carbons (Fsp3) is 0.412. The predicted molar refractivity (Wildman–Crippen MR) is 102 cm³/mol. The highest BCUT2D eigenvalue weighted by atomic mass is 32.1. The van der Waals surface area contributed by atoms with E-state index in [-0.39, 0.29) is 5.75 Å². The maximum Gasteiger partial charge on any atom is 0.322 e. The predicted octanol–water partition coefficient (Wildman–Crippen LogP) is -1.32. The molecule has 0 aliphatic heterocycles. The van der Waals surface area contributed by atoms with Crippen molar-refractivity contribution in [2.45, 2.75) is 31.5 Å². The van der Waals surface area contributed by atoms with Crippen LogP contribution in [0.1, 0.15) is 12.5 Å². The lowest BCUT2D eigenvalue weighted by Crippen LogP contribution is -2.56. The van der Waals surface area contributed by atoms with Crippen LogP contribution in [0.3, 0.4) is 0 Å². The first-order valence-electron chi connectivity index (χ1n) is 8.25. The molecule has 27 heavy (non-hydrogen) atoms. The van der Waals surface area contributed by atoms with Gasteiger partial charge in [-0.1, -0.05) is 30.3 Å². The molecule has 0 bridgehead atoms. The first-order valence-corrected chi connectivity index (χ1v) is 8.88. The number of amides is 3. The van der Waals surface area contributed by atoms with E-state index in [1.54, 1.807) is 0 Å². The third-order valence-electron chi connectivity index (χ3n) is 3.62. The Morgan fingerprint density at radius 3 is 2.26 bits per heavy atom. The summed E-state index contributed by atoms with van der Waals surface area (Å²) in [6, 6.07) is 6.39. The van der Waals surface area contributed by atoms with Crippen molar-refractivity contribution in [3.8, 4) is 0 Å². The average Bonchev–Trinajstić information content (AvgIpc) is 2.64. The lowest BCUT2D eigenvalue weighted by molar-refractivity contribution is -0.138. The summed E-state index contributed by atoms with van der Waals surface area (Å²) >= 11 is 4.04. The Kier molecular flexibility index (Phi) is 9.31. The van der Waals surface area contributed by atoms with Gasteiger partial charge >= 0.3 is 5.97 Å². The minimum atomic E-state index is -1.20. The zero-order valence-electron chi connectivity index (χ0n) is 14.8. The Labute approximate surface area is 162 Å². The number of carbonyl (C=O) groups excluding carboxylic acids is 3. The molecule has 3 unspecified atom stereocenters. The van der Waals surface area contributed by atoms with Crippen molar-refractivity contribution in [2.75, 3.05) is 12.3 Å². The zero-order valence-corrected chi connectivity index (χ0v) is 15.7. The topological polar surface area (TPSA) is 151 Å². The highest BCUT2D eigenvalue weighted by Gasteiger charge is 2.25. The molecule has 9 nitrogen and oxygen atoms in total. The van der Waals surface area contributed by atoms with Gasteiger partial charge in [0.2, 0.25) is 17.7 Å². The van der Waals surface area contributed by atoms with Crippen molar-refractivity contribution in [1.29, 1.82) is 0 Å². The van der Waals surface area contributed by atoms with E-state index in [1.165, 1.54) is 6.92 Å². The van der Waals surface area contributed by atoms with E-state index < -0.39 is 48.4 Å². The Morgan fingerprint density at radius 2 is 1.70 bits per heavy atom. The molecule has 0 aliphatic rings. The van der Waals surface area contributed by atoms with E-state index in [4.69, 9.17) is 10.8 Å². The van der Waals surface area contributed by atoms with Gasteiger partial charge in [0.15, 0.2) is 0 Å². The van der Waals surface area contributed by atoms with Gasteiger partial charge in [-0.05, 0) is 18.9 Å². The number of rotatable bonds is 10. The summed E-state index contributed by atoms with van der Waals surface area (Å²) in [6.07, 6.45) is 0.307. The normalized spacial score (nSPS) is 13.7. The minimum Gasteiger partial charge on any atom is -0.480 e. The SMILES string of the molecule is CC(NC(=O)C(CS)NC(=O)C(N)Cc1ccccc1)C(=O)NCC(=O)O. The van der Waals surface area contributed by atoms with E-state index in [2.05, 4.69) is 28.6 Å². The first kappa shape index (κ1) is 22.5. The number of thiol groups is 1. The van der Waals surface area contributed by atoms with Crippen LogP contribution in [0, 0.1) is 0 Å². The number of nitrogens with two attached hydrogens (primary N) is 1. The van der Waals surface area contributed by atoms with Gasteiger partial charge in [0.25, 0.3) is 0 Å². The van der Waals surface area contributed by atoms with Gasteiger partial charge in [0, 0.05) is 5.75 Å². The molecule has 0 aliphatic carbocycles. The largest absolute Gasteiger partial charge is 0.480 e. The summed E-state index contributed by atoms with van der Waals surface area (Å²) in [5.74, 6) is -3.00. The molecule has 1 aromatic carbocycles. The second-order valence-corrected chi connectivity index (χ2v) is 6.25. The quantitative estimate of drug-likeness (QED) is 0.270. The summed E-state index contributed by atoms with van der Waals surface area (Å²) < 4.78 is 0. The molecule has 6 N–H and O–H groups in total. The maximum atomic E-state index is 12.2. The molecule has 0 fully saturated rings. The standard InChI is InChI=1S/C17H24N4O5S/c1-10(15(24)19-8-14(22)23)20-17(26)13(9-27)21-16(25)12(18)7-11-5-3-2-4-6-11/h2-6,10,12-13,27H,7-9,18H2,1H3,(H,19,24)(H,20,26)(H,21,25)(H,22,23). The molecule has 0 saturated carbocycles. The summed E-state index contributed by atoms with van der Waals surface area (Å²) in [6.45, 7) is 0.841. The molecule has 3 atom stereocenters. The van der Waals surface area contributed by atoms with Crippen molar-refractivity contribution < 1.29 is 24.3 Å². The second kappa shape index (κ2) is 11.2. The van der Waals surface area contributed by atoms with E-state index in [1.807, 2.05) is 30.3 Å². The van der Waals surface area contributed by atoms with Crippen LogP contribution in [0.5, 0.6) is 0 Å². The van der Waals surface area contributed by atoms with Crippen LogP contribution in [0.2, 0.25) is 0 Å². The number of carboxylic acids is 1. The number of carboxylic acid groups (broad SMARTS) is 1. The van der Waals surface area contributed by atoms with Gasteiger partial charge in [-0.15, -0.1) is 0 Å². The number of hydrogen-bond acceptors (Lipinski definition) is 6. The lowest BCUT2D eigenvalue weighted by atomic mass is 10.1. The summed E-state index contributed by atoms with van der Waals surface area (Å²) in [4.78, 5) is 46.6. The monoisotopic (exact) mass is 396 g/mol. The van der Waals surface area contributed by atoms with Gasteiger partial charge in [0.05, 0.1) is 6.04 Å². The van der Waals surface area contributed by atoms with Gasteiger partial charge in [0.1, 0.15) is 18.6 Å². The molecule has 1 aromatic rings. The fourth-order valence-corrected chi connectivity index (χ4v) is 2.39. The summed E-state index contributed by atoms with van der Waals surface area (Å²) in [5.41, 5.74) is 6.77. The number of hydrogen-bond donors (Lipinski definition) is 6. The van der Waals surface area contributed by atoms with Gasteiger partial charge in [-0.2, -0.15) is 12.6 Å². The minimum absolute atomic E-state index is 0.000898. The highest BCUT2D eigenvalue weighted by Crippen LogP contribution is 2.02. The van der Waals surface area contributed by atoms with Crippen LogP contribution in [0.4, 0.5) is 0 Å². The molecule has 3 amide bonds. The molecule has 0 spiro atoms. The highest BCUT2D eigenvalue weighted by molar-refractivity contribution is 7.80. The van der Waals surface area contributed by atoms with Crippen molar-refractivity contribution in [2.24, 2.45) is 5.73 Å². The van der Waals surface area contributed by atoms with Crippen molar-refractivity contribution in [1.82, 2.24) is 16.0 Å². The van der Waals surface area contributed by atoms with E-state index in [0.29, 0.717) is 6.42 Å². The van der Waals surface area contributed by atoms with Crippen molar-refractivity contribution >= 4 is 36.3 Å². The molecule has 0 radical (unpaired) electrons. The molecular formula is C17H24N4O5S. The molecule has 1 rings (SSSR count). The number of benzene rings is 1. The zero-order chi connectivity index (χ0) is 20.4. The summed E-state index contributed by atoms with van der Waals surface area (Å²) in [5, 5.41) is 15.6. The Bertz CT molecular complexity index is 671. The molecule has 10 heteroatoms.